The lowest BCUT2D eigenvalue weighted by atomic mass is 10.2. The molecule has 0 atom stereocenters. The van der Waals surface area contributed by atoms with E-state index in [-0.39, 0.29) is 0 Å². The Morgan fingerprint density at radius 1 is 1.19 bits per heavy atom. The van der Waals surface area contributed by atoms with Crippen LogP contribution in [0.15, 0.2) is 18.2 Å². The minimum absolute atomic E-state index is 0.762. The first-order valence-corrected chi connectivity index (χ1v) is 7.67. The van der Waals surface area contributed by atoms with E-state index in [4.69, 9.17) is 14.5 Å². The number of ether oxygens (including phenoxy) is 2. The number of fused-ring (bicyclic) bond motifs is 1. The zero-order chi connectivity index (χ0) is 14.8. The molecule has 2 heterocycles. The van der Waals surface area contributed by atoms with E-state index < -0.39 is 0 Å². The number of anilines is 2. The third-order valence-electron chi connectivity index (χ3n) is 3.52. The van der Waals surface area contributed by atoms with Crippen LogP contribution < -0.4 is 14.8 Å². The van der Waals surface area contributed by atoms with Gasteiger partial charge in [-0.3, -0.25) is 0 Å². The van der Waals surface area contributed by atoms with Crippen molar-refractivity contribution >= 4 is 22.2 Å². The molecule has 1 N–H and O–H groups in total. The van der Waals surface area contributed by atoms with Crippen LogP contribution in [0, 0.1) is 0 Å². The molecular formula is C15H19N3O2S. The highest BCUT2D eigenvalue weighted by atomic mass is 32.1. The van der Waals surface area contributed by atoms with Gasteiger partial charge in [0.2, 0.25) is 0 Å². The third-order valence-corrected chi connectivity index (χ3v) is 4.52. The highest BCUT2D eigenvalue weighted by Crippen LogP contribution is 2.32. The molecule has 1 aliphatic heterocycles. The maximum atomic E-state index is 5.29. The number of hydrogen-bond donors (Lipinski definition) is 1. The standard InChI is InChI=1S/C15H19N3O2S/c1-18-5-4-13-14(9-18)21-15(17-13)16-10-6-11(19-2)8-12(7-10)20-3/h6-8H,4-5,9H2,1-3H3,(H,16,17). The Bertz CT molecular complexity index is 620. The summed E-state index contributed by atoms with van der Waals surface area (Å²) in [6.45, 7) is 2.05. The van der Waals surface area contributed by atoms with Crippen LogP contribution in [0.2, 0.25) is 0 Å². The molecule has 6 heteroatoms. The van der Waals surface area contributed by atoms with Crippen molar-refractivity contribution in [2.24, 2.45) is 0 Å². The average molecular weight is 305 g/mol. The first-order valence-electron chi connectivity index (χ1n) is 6.85. The van der Waals surface area contributed by atoms with Crippen LogP contribution in [0.3, 0.4) is 0 Å². The minimum Gasteiger partial charge on any atom is -0.497 e. The van der Waals surface area contributed by atoms with Gasteiger partial charge in [0.15, 0.2) is 5.13 Å². The van der Waals surface area contributed by atoms with E-state index in [1.165, 1.54) is 10.6 Å². The van der Waals surface area contributed by atoms with E-state index in [0.29, 0.717) is 0 Å². The Morgan fingerprint density at radius 3 is 2.57 bits per heavy atom. The van der Waals surface area contributed by atoms with E-state index in [9.17, 15) is 0 Å². The number of likely N-dealkylation sites (N-methyl/N-ethyl adjacent to an activating group) is 1. The molecule has 1 aliphatic rings. The van der Waals surface area contributed by atoms with Gasteiger partial charge in [-0.05, 0) is 7.05 Å². The lowest BCUT2D eigenvalue weighted by Gasteiger charge is -2.20. The highest BCUT2D eigenvalue weighted by molar-refractivity contribution is 7.15. The Hall–Kier alpha value is -1.79. The fraction of sp³-hybridized carbons (Fsp3) is 0.400. The molecule has 0 unspecified atom stereocenters. The summed E-state index contributed by atoms with van der Waals surface area (Å²) in [5, 5.41) is 4.28. The smallest absolute Gasteiger partial charge is 0.187 e. The number of nitrogens with zero attached hydrogens (tertiary/aromatic N) is 2. The average Bonchev–Trinajstić information content (AvgIpc) is 2.87. The second kappa shape index (κ2) is 5.91. The summed E-state index contributed by atoms with van der Waals surface area (Å²) >= 11 is 1.72. The fourth-order valence-corrected chi connectivity index (χ4v) is 3.49. The van der Waals surface area contributed by atoms with Gasteiger partial charge in [-0.25, -0.2) is 4.98 Å². The van der Waals surface area contributed by atoms with E-state index >= 15 is 0 Å². The molecule has 5 nitrogen and oxygen atoms in total. The van der Waals surface area contributed by atoms with Crippen molar-refractivity contribution in [2.75, 3.05) is 33.1 Å². The number of nitrogens with one attached hydrogen (secondary N) is 1. The van der Waals surface area contributed by atoms with Gasteiger partial charge in [-0.2, -0.15) is 0 Å². The van der Waals surface area contributed by atoms with E-state index in [2.05, 4.69) is 17.3 Å². The predicted octanol–water partition coefficient (Wildman–Crippen LogP) is 2.89. The third kappa shape index (κ3) is 3.11. The van der Waals surface area contributed by atoms with Crippen LogP contribution in [0.1, 0.15) is 10.6 Å². The highest BCUT2D eigenvalue weighted by Gasteiger charge is 2.18. The van der Waals surface area contributed by atoms with Gasteiger partial charge >= 0.3 is 0 Å². The lowest BCUT2D eigenvalue weighted by molar-refractivity contribution is 0.314. The van der Waals surface area contributed by atoms with Crippen molar-refractivity contribution in [2.45, 2.75) is 13.0 Å². The lowest BCUT2D eigenvalue weighted by Crippen LogP contribution is -2.25. The van der Waals surface area contributed by atoms with Crippen LogP contribution in [0.25, 0.3) is 0 Å². The molecule has 0 saturated carbocycles. The number of methoxy groups -OCH3 is 2. The maximum Gasteiger partial charge on any atom is 0.187 e. The van der Waals surface area contributed by atoms with Crippen LogP contribution in [0.4, 0.5) is 10.8 Å². The summed E-state index contributed by atoms with van der Waals surface area (Å²) < 4.78 is 10.6. The van der Waals surface area contributed by atoms with Crippen LogP contribution >= 0.6 is 11.3 Å². The van der Waals surface area contributed by atoms with Crippen molar-refractivity contribution < 1.29 is 9.47 Å². The van der Waals surface area contributed by atoms with E-state index in [1.54, 1.807) is 25.6 Å². The molecule has 0 fully saturated rings. The summed E-state index contributed by atoms with van der Waals surface area (Å²) in [6, 6.07) is 5.73. The van der Waals surface area contributed by atoms with Crippen LogP contribution in [-0.4, -0.2) is 37.7 Å². The van der Waals surface area contributed by atoms with E-state index in [0.717, 1.165) is 41.8 Å². The molecule has 0 saturated heterocycles. The van der Waals surface area contributed by atoms with Crippen molar-refractivity contribution in [3.63, 3.8) is 0 Å². The molecule has 0 bridgehead atoms. The quantitative estimate of drug-likeness (QED) is 0.941. The molecule has 112 valence electrons. The Labute approximate surface area is 128 Å². The van der Waals surface area contributed by atoms with Crippen molar-refractivity contribution in [3.05, 3.63) is 28.8 Å². The molecule has 2 aromatic rings. The van der Waals surface area contributed by atoms with E-state index in [1.807, 2.05) is 18.2 Å². The predicted molar refractivity (Wildman–Crippen MR) is 85.0 cm³/mol. The minimum atomic E-state index is 0.762. The molecule has 0 amide bonds. The fourth-order valence-electron chi connectivity index (χ4n) is 2.38. The Balaban J connectivity index is 1.83. The number of thiazole rings is 1. The molecule has 1 aromatic heterocycles. The summed E-state index contributed by atoms with van der Waals surface area (Å²) in [5.74, 6) is 1.52. The van der Waals surface area contributed by atoms with Gasteiger partial charge in [0.1, 0.15) is 11.5 Å². The molecule has 0 aliphatic carbocycles. The van der Waals surface area contributed by atoms with Crippen molar-refractivity contribution in [3.8, 4) is 11.5 Å². The zero-order valence-corrected chi connectivity index (χ0v) is 13.3. The van der Waals surface area contributed by atoms with Crippen molar-refractivity contribution in [1.82, 2.24) is 9.88 Å². The molecule has 21 heavy (non-hydrogen) atoms. The maximum absolute atomic E-state index is 5.29. The van der Waals surface area contributed by atoms with Crippen molar-refractivity contribution in [1.29, 1.82) is 0 Å². The number of rotatable bonds is 4. The van der Waals surface area contributed by atoms with Gasteiger partial charge < -0.3 is 19.7 Å². The Morgan fingerprint density at radius 2 is 1.90 bits per heavy atom. The first kappa shape index (κ1) is 14.2. The topological polar surface area (TPSA) is 46.6 Å². The first-order chi connectivity index (χ1) is 10.2. The van der Waals surface area contributed by atoms with Gasteiger partial charge in [-0.15, -0.1) is 11.3 Å². The second-order valence-electron chi connectivity index (χ2n) is 5.10. The van der Waals surface area contributed by atoms with Crippen LogP contribution in [0.5, 0.6) is 11.5 Å². The molecule has 3 rings (SSSR count). The number of benzene rings is 1. The normalized spacial score (nSPS) is 14.6. The molecule has 0 radical (unpaired) electrons. The molecule has 0 spiro atoms. The molecule has 1 aromatic carbocycles. The largest absolute Gasteiger partial charge is 0.497 e. The summed E-state index contributed by atoms with van der Waals surface area (Å²) in [4.78, 5) is 8.36. The summed E-state index contributed by atoms with van der Waals surface area (Å²) in [7, 11) is 5.44. The monoisotopic (exact) mass is 305 g/mol. The Kier molecular flexibility index (Phi) is 3.98. The number of hydrogen-bond acceptors (Lipinski definition) is 6. The van der Waals surface area contributed by atoms with Gasteiger partial charge in [0.05, 0.1) is 19.9 Å². The van der Waals surface area contributed by atoms with Gasteiger partial charge in [0, 0.05) is 48.3 Å². The summed E-state index contributed by atoms with van der Waals surface area (Å²) in [6.07, 6.45) is 1.02. The number of aromatic nitrogens is 1. The zero-order valence-electron chi connectivity index (χ0n) is 12.5. The molecular weight excluding hydrogens is 286 g/mol. The second-order valence-corrected chi connectivity index (χ2v) is 6.19. The van der Waals surface area contributed by atoms with Gasteiger partial charge in [-0.1, -0.05) is 0 Å². The van der Waals surface area contributed by atoms with Crippen LogP contribution in [-0.2, 0) is 13.0 Å². The SMILES string of the molecule is COc1cc(Nc2nc3c(s2)CN(C)CC3)cc(OC)c1. The van der Waals surface area contributed by atoms with Gasteiger partial charge in [0.25, 0.3) is 0 Å². The summed E-state index contributed by atoms with van der Waals surface area (Å²) in [5.41, 5.74) is 2.14.